The molecular weight excluding hydrogens is 356 g/mol. The lowest BCUT2D eigenvalue weighted by molar-refractivity contribution is -0.117. The van der Waals surface area contributed by atoms with Gasteiger partial charge < -0.3 is 25.2 Å². The number of rotatable bonds is 10. The largest absolute Gasteiger partial charge is 0.497 e. The van der Waals surface area contributed by atoms with Crippen molar-refractivity contribution in [2.75, 3.05) is 38.2 Å². The molecule has 1 heterocycles. The highest BCUT2D eigenvalue weighted by Gasteiger charge is 2.31. The van der Waals surface area contributed by atoms with Crippen molar-refractivity contribution in [2.45, 2.75) is 52.1 Å². The van der Waals surface area contributed by atoms with Gasteiger partial charge >= 0.3 is 6.03 Å². The summed E-state index contributed by atoms with van der Waals surface area (Å²) >= 11 is 0. The molecule has 7 nitrogen and oxygen atoms in total. The van der Waals surface area contributed by atoms with E-state index in [0.717, 1.165) is 43.9 Å². The molecule has 1 aromatic rings. The highest BCUT2D eigenvalue weighted by molar-refractivity contribution is 5.96. The van der Waals surface area contributed by atoms with Gasteiger partial charge in [-0.1, -0.05) is 13.8 Å². The molecule has 0 spiro atoms. The molecule has 2 rings (SSSR count). The summed E-state index contributed by atoms with van der Waals surface area (Å²) in [7, 11) is 1.61. The van der Waals surface area contributed by atoms with E-state index in [1.165, 1.54) is 0 Å². The summed E-state index contributed by atoms with van der Waals surface area (Å²) in [5.74, 6) is 0.766. The molecule has 7 heteroatoms. The Labute approximate surface area is 168 Å². The third kappa shape index (κ3) is 6.41. The second-order valence-corrected chi connectivity index (χ2v) is 7.29. The zero-order chi connectivity index (χ0) is 20.5. The maximum absolute atomic E-state index is 12.3. The van der Waals surface area contributed by atoms with E-state index >= 15 is 0 Å². The van der Waals surface area contributed by atoms with Gasteiger partial charge in [0.25, 0.3) is 0 Å². The van der Waals surface area contributed by atoms with E-state index in [2.05, 4.69) is 29.4 Å². The molecule has 0 aromatic heterocycles. The highest BCUT2D eigenvalue weighted by atomic mass is 16.5. The monoisotopic (exact) mass is 390 g/mol. The van der Waals surface area contributed by atoms with Crippen molar-refractivity contribution in [1.29, 1.82) is 0 Å². The van der Waals surface area contributed by atoms with Crippen molar-refractivity contribution >= 4 is 17.6 Å². The molecule has 156 valence electrons. The van der Waals surface area contributed by atoms with Crippen molar-refractivity contribution in [2.24, 2.45) is 0 Å². The van der Waals surface area contributed by atoms with Crippen LogP contribution in [0.4, 0.5) is 10.5 Å². The van der Waals surface area contributed by atoms with Crippen LogP contribution in [0.1, 0.15) is 40.0 Å². The molecule has 0 saturated carbocycles. The first-order valence-corrected chi connectivity index (χ1v) is 10.2. The van der Waals surface area contributed by atoms with Gasteiger partial charge in [-0.15, -0.1) is 0 Å². The normalized spacial score (nSPS) is 17.7. The van der Waals surface area contributed by atoms with Crippen LogP contribution in [0.2, 0.25) is 0 Å². The van der Waals surface area contributed by atoms with Crippen molar-refractivity contribution in [1.82, 2.24) is 15.5 Å². The molecule has 0 bridgehead atoms. The van der Waals surface area contributed by atoms with E-state index in [4.69, 9.17) is 4.74 Å². The Hall–Kier alpha value is -2.28. The molecule has 2 atom stereocenters. The first-order valence-electron chi connectivity index (χ1n) is 10.2. The lowest BCUT2D eigenvalue weighted by atomic mass is 10.2. The number of nitrogens with zero attached hydrogens (tertiary/aromatic N) is 2. The van der Waals surface area contributed by atoms with Gasteiger partial charge in [-0.2, -0.15) is 0 Å². The van der Waals surface area contributed by atoms with Crippen LogP contribution in [0.3, 0.4) is 0 Å². The van der Waals surface area contributed by atoms with Crippen LogP contribution in [0.5, 0.6) is 5.75 Å². The third-order valence-corrected chi connectivity index (χ3v) is 5.23. The lowest BCUT2D eigenvalue weighted by Crippen LogP contribution is -2.46. The summed E-state index contributed by atoms with van der Waals surface area (Å²) in [6.45, 7) is 9.99. The number of benzene rings is 1. The van der Waals surface area contributed by atoms with Crippen LogP contribution in [-0.4, -0.2) is 62.2 Å². The molecule has 0 radical (unpaired) electrons. The highest BCUT2D eigenvalue weighted by Crippen LogP contribution is 2.24. The number of methoxy groups -OCH3 is 1. The molecule has 2 N–H and O–H groups in total. The van der Waals surface area contributed by atoms with Gasteiger partial charge in [0, 0.05) is 24.7 Å². The fourth-order valence-corrected chi connectivity index (χ4v) is 3.50. The number of anilines is 1. The van der Waals surface area contributed by atoms with Crippen molar-refractivity contribution < 1.29 is 14.3 Å². The first kappa shape index (κ1) is 22.0. The predicted octanol–water partition coefficient (Wildman–Crippen LogP) is 2.61. The van der Waals surface area contributed by atoms with Crippen molar-refractivity contribution in [3.63, 3.8) is 0 Å². The summed E-state index contributed by atoms with van der Waals surface area (Å²) < 4.78 is 5.15. The van der Waals surface area contributed by atoms with Crippen LogP contribution < -0.4 is 20.3 Å². The summed E-state index contributed by atoms with van der Waals surface area (Å²) in [6, 6.07) is 7.09. The molecule has 0 aliphatic carbocycles. The molecule has 28 heavy (non-hydrogen) atoms. The van der Waals surface area contributed by atoms with Crippen LogP contribution in [0.25, 0.3) is 0 Å². The second-order valence-electron chi connectivity index (χ2n) is 7.29. The molecule has 1 saturated heterocycles. The number of amides is 3. The fraction of sp³-hybridized carbons (Fsp3) is 0.619. The molecule has 3 amide bonds. The molecule has 1 fully saturated rings. The van der Waals surface area contributed by atoms with Gasteiger partial charge in [0.2, 0.25) is 5.91 Å². The number of carbonyl (C=O) groups is 2. The molecule has 1 aromatic carbocycles. The van der Waals surface area contributed by atoms with Crippen LogP contribution >= 0.6 is 0 Å². The van der Waals surface area contributed by atoms with E-state index in [9.17, 15) is 9.59 Å². The first-order chi connectivity index (χ1) is 13.5. The molecule has 2 unspecified atom stereocenters. The number of hydrogen-bond donors (Lipinski definition) is 2. The second kappa shape index (κ2) is 10.9. The van der Waals surface area contributed by atoms with Crippen LogP contribution in [-0.2, 0) is 4.79 Å². The van der Waals surface area contributed by atoms with Gasteiger partial charge in [0.05, 0.1) is 13.2 Å². The van der Waals surface area contributed by atoms with Crippen molar-refractivity contribution in [3.8, 4) is 5.75 Å². The van der Waals surface area contributed by atoms with Crippen molar-refractivity contribution in [3.05, 3.63) is 24.3 Å². The fourth-order valence-electron chi connectivity index (χ4n) is 3.50. The minimum atomic E-state index is -0.204. The Bertz CT molecular complexity index is 631. The average molecular weight is 391 g/mol. The Balaban J connectivity index is 1.75. The van der Waals surface area contributed by atoms with E-state index in [-0.39, 0.29) is 24.0 Å². The smallest absolute Gasteiger partial charge is 0.315 e. The summed E-state index contributed by atoms with van der Waals surface area (Å²) in [6.07, 6.45) is 2.30. The Kier molecular flexibility index (Phi) is 8.57. The van der Waals surface area contributed by atoms with Crippen LogP contribution in [0, 0.1) is 0 Å². The molecular formula is C21H34N4O3. The van der Waals surface area contributed by atoms with Gasteiger partial charge in [-0.25, -0.2) is 4.79 Å². The SMILES string of the molecule is CCN(CC)CCCC(C)NC(=O)NC1CC(=O)N(c2ccc(OC)cc2)C1. The number of carbonyl (C=O) groups excluding carboxylic acids is 2. The van der Waals surface area contributed by atoms with Gasteiger partial charge in [-0.05, 0) is 63.7 Å². The van der Waals surface area contributed by atoms with E-state index in [1.54, 1.807) is 12.0 Å². The maximum Gasteiger partial charge on any atom is 0.315 e. The standard InChI is InChI=1S/C21H34N4O3/c1-5-24(6-2)13-7-8-16(3)22-21(27)23-17-14-20(26)25(15-17)18-9-11-19(28-4)12-10-18/h9-12,16-17H,5-8,13-15H2,1-4H3,(H2,22,23,27). The zero-order valence-electron chi connectivity index (χ0n) is 17.5. The van der Waals surface area contributed by atoms with Gasteiger partial charge in [-0.3, -0.25) is 4.79 Å². The topological polar surface area (TPSA) is 73.9 Å². The minimum absolute atomic E-state index is 0.0164. The van der Waals surface area contributed by atoms with Gasteiger partial charge in [0.1, 0.15) is 5.75 Å². The number of urea groups is 1. The summed E-state index contributed by atoms with van der Waals surface area (Å²) in [5, 5.41) is 5.92. The Morgan fingerprint density at radius 3 is 2.57 bits per heavy atom. The van der Waals surface area contributed by atoms with E-state index in [1.807, 2.05) is 31.2 Å². The summed E-state index contributed by atoms with van der Waals surface area (Å²) in [5.41, 5.74) is 0.820. The zero-order valence-corrected chi connectivity index (χ0v) is 17.5. The van der Waals surface area contributed by atoms with E-state index < -0.39 is 0 Å². The number of nitrogens with one attached hydrogen (secondary N) is 2. The van der Waals surface area contributed by atoms with E-state index in [0.29, 0.717) is 13.0 Å². The maximum atomic E-state index is 12.3. The Morgan fingerprint density at radius 1 is 1.29 bits per heavy atom. The van der Waals surface area contributed by atoms with Crippen LogP contribution in [0.15, 0.2) is 24.3 Å². The average Bonchev–Trinajstić information content (AvgIpc) is 3.05. The third-order valence-electron chi connectivity index (χ3n) is 5.23. The quantitative estimate of drug-likeness (QED) is 0.644. The molecule has 1 aliphatic rings. The minimum Gasteiger partial charge on any atom is -0.497 e. The van der Waals surface area contributed by atoms with Gasteiger partial charge in [0.15, 0.2) is 0 Å². The number of ether oxygens (including phenoxy) is 1. The Morgan fingerprint density at radius 2 is 1.96 bits per heavy atom. The number of hydrogen-bond acceptors (Lipinski definition) is 4. The summed E-state index contributed by atoms with van der Waals surface area (Å²) in [4.78, 5) is 28.7. The lowest BCUT2D eigenvalue weighted by Gasteiger charge is -2.21. The predicted molar refractivity (Wildman–Crippen MR) is 112 cm³/mol. The molecule has 1 aliphatic heterocycles.